The summed E-state index contributed by atoms with van der Waals surface area (Å²) in [5, 5.41) is 11.9. The lowest BCUT2D eigenvalue weighted by atomic mass is 9.88. The van der Waals surface area contributed by atoms with Crippen molar-refractivity contribution < 1.29 is 55.8 Å². The van der Waals surface area contributed by atoms with Crippen molar-refractivity contribution in [3.05, 3.63) is 54.1 Å². The second kappa shape index (κ2) is 15.1. The first-order valence-electron chi connectivity index (χ1n) is 15.5. The van der Waals surface area contributed by atoms with Gasteiger partial charge in [-0.3, -0.25) is 4.52 Å². The van der Waals surface area contributed by atoms with Gasteiger partial charge in [0.25, 0.3) is 0 Å². The number of sulfonamides is 1. The molecule has 48 heavy (non-hydrogen) atoms. The van der Waals surface area contributed by atoms with Crippen molar-refractivity contribution in [3.8, 4) is 17.6 Å². The van der Waals surface area contributed by atoms with Crippen LogP contribution in [0.3, 0.4) is 0 Å². The number of phosphoric ester groups is 1. The summed E-state index contributed by atoms with van der Waals surface area (Å²) in [4.78, 5) is 33.3. The normalized spacial score (nSPS) is 21.8. The highest BCUT2D eigenvalue weighted by molar-refractivity contribution is 7.89. The fourth-order valence-electron chi connectivity index (χ4n) is 6.01. The van der Waals surface area contributed by atoms with Gasteiger partial charge in [-0.1, -0.05) is 44.2 Å². The maximum atomic E-state index is 14.3. The summed E-state index contributed by atoms with van der Waals surface area (Å²) in [5.41, 5.74) is -0.0785. The Hall–Kier alpha value is -3.26. The number of hydrogen-bond acceptors (Lipinski definition) is 11. The quantitative estimate of drug-likeness (QED) is 0.228. The molecule has 15 nitrogen and oxygen atoms in total. The predicted octanol–water partition coefficient (Wildman–Crippen LogP) is 3.31. The molecule has 1 amide bonds. The number of fused-ring (bicyclic) bond motifs is 2. The molecule has 5 rings (SSSR count). The minimum absolute atomic E-state index is 0.00662. The van der Waals surface area contributed by atoms with Crippen LogP contribution in [-0.4, -0.2) is 86.2 Å². The van der Waals surface area contributed by atoms with E-state index < -0.39 is 60.4 Å². The van der Waals surface area contributed by atoms with E-state index in [1.807, 2.05) is 0 Å². The standard InChI is InChI=1S/C31H40N3O12PS/c1-31(2,12-6-13-32)19-34(48(39,40)22-9-10-25-26(16-22)44-20-43-25)17-27(46-47(36,37)38)24(15-21-7-4-3-5-8-21)33-30(35)45-28-18-42-29-23(28)11-14-41-29/h3-5,7-10,16,23-24,27-29H,6,11-12,14-15,17-20H2,1-2H3,(H,33,35)(H2,36,37,38)/t23-,24-,27+,28-,29+/m0/s1. The van der Waals surface area contributed by atoms with Crippen molar-refractivity contribution in [1.29, 1.82) is 5.26 Å². The molecule has 0 aliphatic carbocycles. The van der Waals surface area contributed by atoms with E-state index in [0.29, 0.717) is 30.8 Å². The molecule has 2 saturated heterocycles. The maximum Gasteiger partial charge on any atom is 0.469 e. The van der Waals surface area contributed by atoms with Gasteiger partial charge in [-0.25, -0.2) is 17.8 Å². The highest BCUT2D eigenvalue weighted by Crippen LogP contribution is 2.41. The summed E-state index contributed by atoms with van der Waals surface area (Å²) in [6.07, 6.45) is -2.44. The van der Waals surface area contributed by atoms with E-state index in [9.17, 15) is 32.8 Å². The highest BCUT2D eigenvalue weighted by atomic mass is 32.2. The molecule has 17 heteroatoms. The van der Waals surface area contributed by atoms with Crippen molar-refractivity contribution in [2.75, 3.05) is 33.1 Å². The molecular weight excluding hydrogens is 669 g/mol. The third-order valence-corrected chi connectivity index (χ3v) is 10.8. The van der Waals surface area contributed by atoms with Crippen LogP contribution in [0.15, 0.2) is 53.4 Å². The molecule has 5 atom stereocenters. The molecular formula is C31H40N3O12PS. The number of phosphoric acid groups is 1. The van der Waals surface area contributed by atoms with Crippen LogP contribution in [0.25, 0.3) is 0 Å². The average Bonchev–Trinajstić information content (AvgIpc) is 3.77. The Bertz CT molecular complexity index is 1630. The van der Waals surface area contributed by atoms with Gasteiger partial charge >= 0.3 is 13.9 Å². The number of nitriles is 1. The molecule has 0 saturated carbocycles. The van der Waals surface area contributed by atoms with Gasteiger partial charge in [0.1, 0.15) is 12.2 Å². The number of carbonyl (C=O) groups excluding carboxylic acids is 1. The van der Waals surface area contributed by atoms with Crippen LogP contribution in [0.2, 0.25) is 0 Å². The summed E-state index contributed by atoms with van der Waals surface area (Å²) in [6, 6.07) is 13.8. The van der Waals surface area contributed by atoms with Crippen LogP contribution >= 0.6 is 7.82 Å². The number of benzene rings is 2. The van der Waals surface area contributed by atoms with Crippen LogP contribution in [0.4, 0.5) is 4.79 Å². The van der Waals surface area contributed by atoms with E-state index >= 15 is 0 Å². The van der Waals surface area contributed by atoms with Crippen molar-refractivity contribution in [1.82, 2.24) is 9.62 Å². The third-order valence-electron chi connectivity index (χ3n) is 8.45. The minimum atomic E-state index is -5.26. The third kappa shape index (κ3) is 9.25. The fourth-order valence-corrected chi connectivity index (χ4v) is 8.23. The fraction of sp³-hybridized carbons (Fsp3) is 0.548. The van der Waals surface area contributed by atoms with Crippen molar-refractivity contribution in [3.63, 3.8) is 0 Å². The lowest BCUT2D eigenvalue weighted by Gasteiger charge is -2.36. The number of nitrogens with one attached hydrogen (secondary N) is 1. The Kier molecular flexibility index (Phi) is 11.3. The van der Waals surface area contributed by atoms with E-state index in [-0.39, 0.29) is 49.3 Å². The zero-order valence-electron chi connectivity index (χ0n) is 26.6. The SMILES string of the molecule is CC(C)(CCC#N)CN(C[C@@H](OP(=O)(O)O)[C@H](Cc1ccccc1)NC(=O)O[C@H]1CO[C@H]2OCC[C@H]21)S(=O)(=O)c1ccc2c(c1)OCO2. The Morgan fingerprint density at radius 3 is 2.65 bits per heavy atom. The second-order valence-corrected chi connectivity index (χ2v) is 15.8. The van der Waals surface area contributed by atoms with Crippen LogP contribution < -0.4 is 14.8 Å². The summed E-state index contributed by atoms with van der Waals surface area (Å²) >= 11 is 0. The Balaban J connectivity index is 1.48. The lowest BCUT2D eigenvalue weighted by molar-refractivity contribution is -0.0907. The van der Waals surface area contributed by atoms with Gasteiger partial charge in [-0.05, 0) is 42.4 Å². The number of amides is 1. The first-order valence-corrected chi connectivity index (χ1v) is 18.5. The number of rotatable bonds is 15. The molecule has 3 N–H and O–H groups in total. The van der Waals surface area contributed by atoms with E-state index in [1.54, 1.807) is 44.2 Å². The second-order valence-electron chi connectivity index (χ2n) is 12.7. The van der Waals surface area contributed by atoms with E-state index in [0.717, 1.165) is 4.31 Å². The Labute approximate surface area is 279 Å². The zero-order valence-corrected chi connectivity index (χ0v) is 28.3. The topological polar surface area (TPSA) is 203 Å². The molecule has 3 aliphatic rings. The van der Waals surface area contributed by atoms with Crippen LogP contribution in [-0.2, 0) is 39.7 Å². The predicted molar refractivity (Wildman–Crippen MR) is 168 cm³/mol. The number of ether oxygens (including phenoxy) is 5. The minimum Gasteiger partial charge on any atom is -0.454 e. The van der Waals surface area contributed by atoms with Gasteiger partial charge in [0.05, 0.1) is 36.1 Å². The average molecular weight is 710 g/mol. The summed E-state index contributed by atoms with van der Waals surface area (Å²) in [6.45, 7) is 3.33. The van der Waals surface area contributed by atoms with E-state index in [4.69, 9.17) is 28.2 Å². The molecule has 2 aromatic rings. The Morgan fingerprint density at radius 2 is 1.92 bits per heavy atom. The molecule has 2 fully saturated rings. The summed E-state index contributed by atoms with van der Waals surface area (Å²) in [5.74, 6) is 0.426. The number of alkyl carbamates (subject to hydrolysis) is 1. The van der Waals surface area contributed by atoms with Gasteiger partial charge in [0.2, 0.25) is 16.8 Å². The highest BCUT2D eigenvalue weighted by Gasteiger charge is 2.45. The molecule has 0 aromatic heterocycles. The number of carbonyl (C=O) groups is 1. The van der Waals surface area contributed by atoms with Gasteiger partial charge < -0.3 is 38.8 Å². The van der Waals surface area contributed by atoms with Crippen LogP contribution in [0.1, 0.15) is 38.7 Å². The van der Waals surface area contributed by atoms with E-state index in [2.05, 4.69) is 11.4 Å². The zero-order chi connectivity index (χ0) is 34.5. The molecule has 262 valence electrons. The van der Waals surface area contributed by atoms with Crippen LogP contribution in [0.5, 0.6) is 11.5 Å². The molecule has 0 radical (unpaired) electrons. The summed E-state index contributed by atoms with van der Waals surface area (Å²) < 4.78 is 74.9. The van der Waals surface area contributed by atoms with Crippen LogP contribution in [0, 0.1) is 22.7 Å². The van der Waals surface area contributed by atoms with Gasteiger partial charge in [-0.2, -0.15) is 9.57 Å². The molecule has 0 unspecified atom stereocenters. The van der Waals surface area contributed by atoms with Gasteiger partial charge in [-0.15, -0.1) is 0 Å². The van der Waals surface area contributed by atoms with Crippen molar-refractivity contribution in [2.24, 2.45) is 11.3 Å². The van der Waals surface area contributed by atoms with Gasteiger partial charge in [0, 0.05) is 25.6 Å². The lowest BCUT2D eigenvalue weighted by Crippen LogP contribution is -2.53. The first kappa shape index (κ1) is 36.0. The Morgan fingerprint density at radius 1 is 1.17 bits per heavy atom. The van der Waals surface area contributed by atoms with Crippen molar-refractivity contribution >= 4 is 23.9 Å². The van der Waals surface area contributed by atoms with Gasteiger partial charge in [0.15, 0.2) is 17.8 Å². The maximum absolute atomic E-state index is 14.3. The van der Waals surface area contributed by atoms with E-state index in [1.165, 1.54) is 18.2 Å². The van der Waals surface area contributed by atoms with Crippen molar-refractivity contribution in [2.45, 2.75) is 69.0 Å². The largest absolute Gasteiger partial charge is 0.469 e. The summed E-state index contributed by atoms with van der Waals surface area (Å²) in [7, 11) is -9.64. The first-order chi connectivity index (χ1) is 22.7. The molecule has 0 spiro atoms. The smallest absolute Gasteiger partial charge is 0.454 e. The molecule has 0 bridgehead atoms. The molecule has 2 aromatic carbocycles. The molecule has 3 heterocycles. The molecule has 3 aliphatic heterocycles. The monoisotopic (exact) mass is 709 g/mol. The number of hydrogen-bond donors (Lipinski definition) is 3. The number of nitrogens with zero attached hydrogens (tertiary/aromatic N) is 2.